The Morgan fingerprint density at radius 1 is 1.29 bits per heavy atom. The van der Waals surface area contributed by atoms with E-state index in [1.807, 2.05) is 0 Å². The van der Waals surface area contributed by atoms with Crippen LogP contribution in [0.4, 0.5) is 0 Å². The zero-order chi connectivity index (χ0) is 16.9. The maximum atomic E-state index is 12.1. The molecule has 0 aliphatic carbocycles. The Balaban J connectivity index is 1.56. The molecule has 1 N–H and O–H groups in total. The van der Waals surface area contributed by atoms with Crippen LogP contribution in [0.1, 0.15) is 47.3 Å². The summed E-state index contributed by atoms with van der Waals surface area (Å²) >= 11 is 0. The van der Waals surface area contributed by atoms with E-state index in [9.17, 15) is 4.79 Å². The third kappa shape index (κ3) is 3.97. The molecular weight excluding hydrogens is 304 g/mol. The van der Waals surface area contributed by atoms with Crippen LogP contribution < -0.4 is 5.32 Å². The van der Waals surface area contributed by atoms with Gasteiger partial charge in [0.05, 0.1) is 30.0 Å². The normalized spacial score (nSPS) is 14.4. The number of amides is 1. The third-order valence-electron chi connectivity index (χ3n) is 4.23. The molecule has 1 amide bonds. The van der Waals surface area contributed by atoms with Crippen molar-refractivity contribution in [2.75, 3.05) is 13.1 Å². The molecule has 3 rings (SSSR count). The number of carbonyl (C=O) groups excluding carboxylic acids is 1. The summed E-state index contributed by atoms with van der Waals surface area (Å²) in [5.74, 6) is 0.478. The van der Waals surface area contributed by atoms with E-state index in [-0.39, 0.29) is 5.91 Å². The number of aryl methyl sites for hydroxylation is 1. The van der Waals surface area contributed by atoms with E-state index in [2.05, 4.69) is 43.0 Å². The van der Waals surface area contributed by atoms with Crippen molar-refractivity contribution >= 4 is 5.91 Å². The summed E-state index contributed by atoms with van der Waals surface area (Å²) in [6.07, 6.45) is 5.54. The molecule has 3 heterocycles. The van der Waals surface area contributed by atoms with Crippen LogP contribution in [0.15, 0.2) is 18.5 Å². The fourth-order valence-corrected chi connectivity index (χ4v) is 2.82. The molecule has 2 aromatic rings. The van der Waals surface area contributed by atoms with E-state index in [0.29, 0.717) is 17.9 Å². The monoisotopic (exact) mass is 328 g/mol. The average Bonchev–Trinajstić information content (AvgIpc) is 3.00. The first-order valence-corrected chi connectivity index (χ1v) is 8.50. The number of aromatic nitrogens is 4. The van der Waals surface area contributed by atoms with Crippen molar-refractivity contribution in [1.29, 1.82) is 0 Å². The molecule has 7 heteroatoms. The molecule has 24 heavy (non-hydrogen) atoms. The third-order valence-corrected chi connectivity index (χ3v) is 4.23. The van der Waals surface area contributed by atoms with Crippen molar-refractivity contribution in [3.05, 3.63) is 41.2 Å². The lowest BCUT2D eigenvalue weighted by molar-refractivity contribution is 0.0949. The van der Waals surface area contributed by atoms with Gasteiger partial charge in [-0.1, -0.05) is 13.3 Å². The van der Waals surface area contributed by atoms with E-state index in [1.54, 1.807) is 19.3 Å². The quantitative estimate of drug-likeness (QED) is 0.870. The average molecular weight is 328 g/mol. The Morgan fingerprint density at radius 3 is 2.83 bits per heavy atom. The van der Waals surface area contributed by atoms with Crippen LogP contribution >= 0.6 is 0 Å². The predicted molar refractivity (Wildman–Crippen MR) is 90.4 cm³/mol. The number of hydrogen-bond donors (Lipinski definition) is 1. The Kier molecular flexibility index (Phi) is 5.20. The van der Waals surface area contributed by atoms with Crippen molar-refractivity contribution in [2.45, 2.75) is 46.3 Å². The summed E-state index contributed by atoms with van der Waals surface area (Å²) in [6, 6.07) is 2.09. The Hall–Kier alpha value is -2.28. The maximum absolute atomic E-state index is 12.1. The van der Waals surface area contributed by atoms with Gasteiger partial charge >= 0.3 is 0 Å². The molecule has 0 fully saturated rings. The number of unbranched alkanes of at least 4 members (excludes halogenated alkanes) is 1. The smallest absolute Gasteiger partial charge is 0.254 e. The lowest BCUT2D eigenvalue weighted by Gasteiger charge is -2.27. The molecule has 2 aromatic heterocycles. The molecule has 1 aliphatic heterocycles. The van der Waals surface area contributed by atoms with Gasteiger partial charge in [-0.25, -0.2) is 9.97 Å². The van der Waals surface area contributed by atoms with Crippen molar-refractivity contribution in [1.82, 2.24) is 30.0 Å². The summed E-state index contributed by atoms with van der Waals surface area (Å²) in [6.45, 7) is 8.46. The molecule has 0 spiro atoms. The SMILES string of the molecule is CCCCN1CCn2nc(CNC(=O)c3cnc(C)nc3)cc2C1. The lowest BCUT2D eigenvalue weighted by atomic mass is 10.2. The standard InChI is InChI=1S/C17H24N6O/c1-3-4-5-22-6-7-23-16(12-22)8-15(21-23)11-20-17(24)14-9-18-13(2)19-10-14/h8-10H,3-7,11-12H2,1-2H3,(H,20,24). The molecular formula is C17H24N6O. The minimum atomic E-state index is -0.175. The van der Waals surface area contributed by atoms with Gasteiger partial charge in [-0.3, -0.25) is 14.4 Å². The maximum Gasteiger partial charge on any atom is 0.254 e. The van der Waals surface area contributed by atoms with E-state index in [1.165, 1.54) is 18.5 Å². The summed E-state index contributed by atoms with van der Waals surface area (Å²) < 4.78 is 2.05. The van der Waals surface area contributed by atoms with E-state index >= 15 is 0 Å². The van der Waals surface area contributed by atoms with Gasteiger partial charge in [0, 0.05) is 25.5 Å². The zero-order valence-electron chi connectivity index (χ0n) is 14.3. The van der Waals surface area contributed by atoms with Crippen molar-refractivity contribution in [3.63, 3.8) is 0 Å². The molecule has 0 saturated carbocycles. The predicted octanol–water partition coefficient (Wildman–Crippen LogP) is 1.53. The molecule has 0 radical (unpaired) electrons. The minimum absolute atomic E-state index is 0.175. The molecule has 0 bridgehead atoms. The van der Waals surface area contributed by atoms with Crippen LogP contribution in [0.25, 0.3) is 0 Å². The number of rotatable bonds is 6. The van der Waals surface area contributed by atoms with Crippen LogP contribution in [0, 0.1) is 6.92 Å². The highest BCUT2D eigenvalue weighted by Crippen LogP contribution is 2.14. The highest BCUT2D eigenvalue weighted by atomic mass is 16.1. The fourth-order valence-electron chi connectivity index (χ4n) is 2.82. The minimum Gasteiger partial charge on any atom is -0.346 e. The summed E-state index contributed by atoms with van der Waals surface area (Å²) in [5.41, 5.74) is 2.58. The molecule has 128 valence electrons. The fraction of sp³-hybridized carbons (Fsp3) is 0.529. The number of nitrogens with zero attached hydrogens (tertiary/aromatic N) is 5. The molecule has 0 unspecified atom stereocenters. The van der Waals surface area contributed by atoms with Crippen LogP contribution in [-0.2, 0) is 19.6 Å². The number of carbonyl (C=O) groups is 1. The Morgan fingerprint density at radius 2 is 2.08 bits per heavy atom. The summed E-state index contributed by atoms with van der Waals surface area (Å²) in [5, 5.41) is 7.47. The van der Waals surface area contributed by atoms with E-state index < -0.39 is 0 Å². The second-order valence-corrected chi connectivity index (χ2v) is 6.18. The highest BCUT2D eigenvalue weighted by molar-refractivity contribution is 5.93. The Labute approximate surface area is 142 Å². The second kappa shape index (κ2) is 7.53. The van der Waals surface area contributed by atoms with Crippen molar-refractivity contribution < 1.29 is 4.79 Å². The largest absolute Gasteiger partial charge is 0.346 e. The van der Waals surface area contributed by atoms with E-state index in [0.717, 1.165) is 31.9 Å². The molecule has 0 saturated heterocycles. The number of fused-ring (bicyclic) bond motifs is 1. The topological polar surface area (TPSA) is 75.9 Å². The van der Waals surface area contributed by atoms with Crippen molar-refractivity contribution in [2.24, 2.45) is 0 Å². The van der Waals surface area contributed by atoms with Gasteiger partial charge in [0.25, 0.3) is 5.91 Å². The van der Waals surface area contributed by atoms with Gasteiger partial charge in [0.15, 0.2) is 0 Å². The molecule has 0 aromatic carbocycles. The van der Waals surface area contributed by atoms with Crippen LogP contribution in [0.5, 0.6) is 0 Å². The lowest BCUT2D eigenvalue weighted by Crippen LogP contribution is -2.34. The molecule has 0 atom stereocenters. The van der Waals surface area contributed by atoms with Gasteiger partial charge in [0.1, 0.15) is 5.82 Å². The first-order chi connectivity index (χ1) is 11.7. The molecule has 1 aliphatic rings. The van der Waals surface area contributed by atoms with Crippen LogP contribution in [-0.4, -0.2) is 43.6 Å². The summed E-state index contributed by atoms with van der Waals surface area (Å²) in [7, 11) is 0. The second-order valence-electron chi connectivity index (χ2n) is 6.18. The highest BCUT2D eigenvalue weighted by Gasteiger charge is 2.18. The number of hydrogen-bond acceptors (Lipinski definition) is 5. The van der Waals surface area contributed by atoms with Gasteiger partial charge in [-0.05, 0) is 26.0 Å². The zero-order valence-corrected chi connectivity index (χ0v) is 14.3. The Bertz CT molecular complexity index is 694. The van der Waals surface area contributed by atoms with Gasteiger partial charge in [-0.15, -0.1) is 0 Å². The first-order valence-electron chi connectivity index (χ1n) is 8.50. The van der Waals surface area contributed by atoms with Crippen molar-refractivity contribution in [3.8, 4) is 0 Å². The first kappa shape index (κ1) is 16.6. The van der Waals surface area contributed by atoms with Gasteiger partial charge in [-0.2, -0.15) is 5.10 Å². The van der Waals surface area contributed by atoms with Gasteiger partial charge < -0.3 is 5.32 Å². The number of nitrogens with one attached hydrogen (secondary N) is 1. The molecule has 7 nitrogen and oxygen atoms in total. The van der Waals surface area contributed by atoms with Crippen LogP contribution in [0.3, 0.4) is 0 Å². The van der Waals surface area contributed by atoms with Crippen LogP contribution in [0.2, 0.25) is 0 Å². The summed E-state index contributed by atoms with van der Waals surface area (Å²) in [4.78, 5) is 22.7. The van der Waals surface area contributed by atoms with Gasteiger partial charge in [0.2, 0.25) is 0 Å². The van der Waals surface area contributed by atoms with E-state index in [4.69, 9.17) is 0 Å².